The van der Waals surface area contributed by atoms with Crippen molar-refractivity contribution in [2.24, 2.45) is 0 Å². The van der Waals surface area contributed by atoms with E-state index in [9.17, 15) is 12.8 Å². The van der Waals surface area contributed by atoms with E-state index in [1.807, 2.05) is 4.57 Å². The van der Waals surface area contributed by atoms with E-state index in [1.165, 1.54) is 36.4 Å². The number of hydrogen-bond acceptors (Lipinski definition) is 4. The van der Waals surface area contributed by atoms with Crippen LogP contribution in [0.3, 0.4) is 0 Å². The van der Waals surface area contributed by atoms with Crippen molar-refractivity contribution in [2.75, 3.05) is 4.72 Å². The molecule has 3 aromatic rings. The largest absolute Gasteiger partial charge is 0.311 e. The first-order valence-corrected chi connectivity index (χ1v) is 11.3. The highest BCUT2D eigenvalue weighted by Crippen LogP contribution is 2.29. The molecule has 2 aromatic carbocycles. The molecule has 0 radical (unpaired) electrons. The summed E-state index contributed by atoms with van der Waals surface area (Å²) in [6.45, 7) is 0.702. The lowest BCUT2D eigenvalue weighted by Gasteiger charge is -2.12. The van der Waals surface area contributed by atoms with Gasteiger partial charge in [0.25, 0.3) is 10.0 Å². The van der Waals surface area contributed by atoms with E-state index in [-0.39, 0.29) is 26.2 Å². The number of hydrogen-bond donors (Lipinski definition) is 1. The van der Waals surface area contributed by atoms with E-state index >= 15 is 0 Å². The highest BCUT2D eigenvalue weighted by molar-refractivity contribution is 7.92. The molecule has 0 unspecified atom stereocenters. The molecule has 0 amide bonds. The molecule has 152 valence electrons. The minimum absolute atomic E-state index is 0.0859. The Balaban J connectivity index is 1.70. The van der Waals surface area contributed by atoms with E-state index < -0.39 is 15.8 Å². The zero-order valence-corrected chi connectivity index (χ0v) is 17.5. The van der Waals surface area contributed by atoms with Crippen molar-refractivity contribution in [3.63, 3.8) is 0 Å². The van der Waals surface area contributed by atoms with Crippen LogP contribution in [0, 0.1) is 5.82 Å². The normalized spacial score (nSPS) is 14.3. The van der Waals surface area contributed by atoms with Crippen molar-refractivity contribution in [1.29, 1.82) is 0 Å². The second-order valence-electron chi connectivity index (χ2n) is 6.81. The number of rotatable bonds is 4. The maximum Gasteiger partial charge on any atom is 0.261 e. The maximum atomic E-state index is 14.6. The Bertz CT molecular complexity index is 1160. The van der Waals surface area contributed by atoms with Gasteiger partial charge in [0, 0.05) is 28.7 Å². The quantitative estimate of drug-likeness (QED) is 0.606. The van der Waals surface area contributed by atoms with E-state index in [1.54, 1.807) is 0 Å². The number of benzene rings is 2. The van der Waals surface area contributed by atoms with Crippen LogP contribution in [0.15, 0.2) is 41.3 Å². The zero-order valence-electron chi connectivity index (χ0n) is 15.2. The number of aromatic nitrogens is 3. The fourth-order valence-corrected chi connectivity index (χ4v) is 5.12. The molecule has 10 heteroatoms. The standard InChI is InChI=1S/C19H17Cl2FN4O2S/c20-12-8-13(21)10-15(9-12)29(27,28)25-14-5-6-17(22)16(11-14)19-24-23-18-4-2-1-3-7-26(18)19/h5-6,8-11,25H,1-4,7H2. The molecule has 0 fully saturated rings. The third kappa shape index (κ3) is 4.24. The molecule has 0 bridgehead atoms. The molecule has 0 aliphatic carbocycles. The minimum Gasteiger partial charge on any atom is -0.311 e. The highest BCUT2D eigenvalue weighted by Gasteiger charge is 2.21. The Labute approximate surface area is 177 Å². The number of nitrogens with zero attached hydrogens (tertiary/aromatic N) is 3. The lowest BCUT2D eigenvalue weighted by Crippen LogP contribution is -2.13. The molecule has 1 aliphatic heterocycles. The van der Waals surface area contributed by atoms with E-state index in [0.717, 1.165) is 31.5 Å². The number of halogens is 3. The Morgan fingerprint density at radius 1 is 1.00 bits per heavy atom. The maximum absolute atomic E-state index is 14.6. The summed E-state index contributed by atoms with van der Waals surface area (Å²) < 4.78 is 44.3. The van der Waals surface area contributed by atoms with Crippen LogP contribution in [0.1, 0.15) is 25.1 Å². The molecule has 0 spiro atoms. The third-order valence-corrected chi connectivity index (χ3v) is 6.51. The summed E-state index contributed by atoms with van der Waals surface area (Å²) >= 11 is 11.8. The number of anilines is 1. The van der Waals surface area contributed by atoms with Crippen LogP contribution < -0.4 is 4.72 Å². The summed E-state index contributed by atoms with van der Waals surface area (Å²) in [6.07, 6.45) is 3.84. The summed E-state index contributed by atoms with van der Waals surface area (Å²) in [7, 11) is -3.96. The molecule has 29 heavy (non-hydrogen) atoms. The van der Waals surface area contributed by atoms with Crippen LogP contribution in [-0.4, -0.2) is 23.2 Å². The average molecular weight is 455 g/mol. The Hall–Kier alpha value is -2.16. The minimum atomic E-state index is -3.96. The molecule has 4 rings (SSSR count). The average Bonchev–Trinajstić information content (AvgIpc) is 2.90. The molecule has 0 atom stereocenters. The first-order chi connectivity index (χ1) is 13.8. The van der Waals surface area contributed by atoms with Gasteiger partial charge in [0.05, 0.1) is 10.5 Å². The fraction of sp³-hybridized carbons (Fsp3) is 0.263. The summed E-state index contributed by atoms with van der Waals surface area (Å²) in [4.78, 5) is -0.0859. The Morgan fingerprint density at radius 2 is 1.76 bits per heavy atom. The van der Waals surface area contributed by atoms with Gasteiger partial charge in [-0.15, -0.1) is 10.2 Å². The molecular formula is C19H17Cl2FN4O2S. The molecule has 0 saturated heterocycles. The molecular weight excluding hydrogens is 438 g/mol. The van der Waals surface area contributed by atoms with Crippen molar-refractivity contribution in [3.8, 4) is 11.4 Å². The molecule has 1 aromatic heterocycles. The van der Waals surface area contributed by atoms with Gasteiger partial charge in [0.2, 0.25) is 0 Å². The molecule has 1 N–H and O–H groups in total. The van der Waals surface area contributed by atoms with Gasteiger partial charge >= 0.3 is 0 Å². The number of aryl methyl sites for hydroxylation is 1. The van der Waals surface area contributed by atoms with Crippen molar-refractivity contribution in [1.82, 2.24) is 14.8 Å². The topological polar surface area (TPSA) is 76.9 Å². The van der Waals surface area contributed by atoms with Crippen LogP contribution >= 0.6 is 23.2 Å². The predicted molar refractivity (Wildman–Crippen MR) is 110 cm³/mol. The monoisotopic (exact) mass is 454 g/mol. The zero-order chi connectivity index (χ0) is 20.6. The van der Waals surface area contributed by atoms with Crippen LogP contribution in [0.2, 0.25) is 10.0 Å². The highest BCUT2D eigenvalue weighted by atomic mass is 35.5. The second-order valence-corrected chi connectivity index (χ2v) is 9.36. The lowest BCUT2D eigenvalue weighted by atomic mass is 10.1. The van der Waals surface area contributed by atoms with Gasteiger partial charge in [-0.05, 0) is 49.2 Å². The first-order valence-electron chi connectivity index (χ1n) is 9.04. The van der Waals surface area contributed by atoms with Crippen molar-refractivity contribution in [2.45, 2.75) is 37.1 Å². The van der Waals surface area contributed by atoms with Crippen molar-refractivity contribution in [3.05, 3.63) is 58.1 Å². The van der Waals surface area contributed by atoms with Crippen LogP contribution in [0.25, 0.3) is 11.4 Å². The van der Waals surface area contributed by atoms with E-state index in [4.69, 9.17) is 23.2 Å². The number of fused-ring (bicyclic) bond motifs is 1. The molecule has 2 heterocycles. The summed E-state index contributed by atoms with van der Waals surface area (Å²) in [5, 5.41) is 8.73. The summed E-state index contributed by atoms with van der Waals surface area (Å²) in [5.74, 6) is 0.709. The Kier molecular flexibility index (Phi) is 5.50. The van der Waals surface area contributed by atoms with Gasteiger partial charge in [0.1, 0.15) is 11.6 Å². The molecule has 0 saturated carbocycles. The van der Waals surface area contributed by atoms with Gasteiger partial charge in [-0.25, -0.2) is 12.8 Å². The van der Waals surface area contributed by atoms with Crippen LogP contribution in [0.5, 0.6) is 0 Å². The van der Waals surface area contributed by atoms with Gasteiger partial charge in [-0.1, -0.05) is 29.6 Å². The van der Waals surface area contributed by atoms with Crippen molar-refractivity contribution >= 4 is 38.9 Å². The van der Waals surface area contributed by atoms with E-state index in [0.29, 0.717) is 12.4 Å². The second kappa shape index (κ2) is 7.93. The lowest BCUT2D eigenvalue weighted by molar-refractivity contribution is 0.601. The summed E-state index contributed by atoms with van der Waals surface area (Å²) in [5.41, 5.74) is 0.387. The SMILES string of the molecule is O=S(=O)(Nc1ccc(F)c(-c2nnc3n2CCCCC3)c1)c1cc(Cl)cc(Cl)c1. The Morgan fingerprint density at radius 3 is 2.52 bits per heavy atom. The molecule has 1 aliphatic rings. The van der Waals surface area contributed by atoms with Gasteiger partial charge < -0.3 is 4.57 Å². The number of sulfonamides is 1. The van der Waals surface area contributed by atoms with Gasteiger partial charge in [-0.3, -0.25) is 4.72 Å². The van der Waals surface area contributed by atoms with E-state index in [2.05, 4.69) is 14.9 Å². The predicted octanol–water partition coefficient (Wildman–Crippen LogP) is 4.92. The van der Waals surface area contributed by atoms with Crippen LogP contribution in [-0.2, 0) is 23.0 Å². The van der Waals surface area contributed by atoms with Gasteiger partial charge in [-0.2, -0.15) is 0 Å². The fourth-order valence-electron chi connectivity index (χ4n) is 3.34. The van der Waals surface area contributed by atoms with Crippen molar-refractivity contribution < 1.29 is 12.8 Å². The van der Waals surface area contributed by atoms with Gasteiger partial charge in [0.15, 0.2) is 5.82 Å². The summed E-state index contributed by atoms with van der Waals surface area (Å²) in [6, 6.07) is 7.99. The smallest absolute Gasteiger partial charge is 0.261 e. The number of nitrogens with one attached hydrogen (secondary N) is 1. The molecule has 6 nitrogen and oxygen atoms in total. The third-order valence-electron chi connectivity index (χ3n) is 4.72. The first kappa shape index (κ1) is 20.1. The van der Waals surface area contributed by atoms with Crippen LogP contribution in [0.4, 0.5) is 10.1 Å².